The first-order valence-corrected chi connectivity index (χ1v) is 11.7. The van der Waals surface area contributed by atoms with E-state index in [9.17, 15) is 4.79 Å². The van der Waals surface area contributed by atoms with Crippen molar-refractivity contribution >= 4 is 33.5 Å². The third-order valence-electron chi connectivity index (χ3n) is 6.00. The highest BCUT2D eigenvalue weighted by Crippen LogP contribution is 2.32. The summed E-state index contributed by atoms with van der Waals surface area (Å²) in [6.45, 7) is 2.24. The van der Waals surface area contributed by atoms with Crippen LogP contribution in [0.5, 0.6) is 0 Å². The van der Waals surface area contributed by atoms with Crippen LogP contribution in [0.4, 0.5) is 5.69 Å². The molecule has 0 radical (unpaired) electrons. The zero-order valence-electron chi connectivity index (χ0n) is 20.5. The Morgan fingerprint density at radius 2 is 1.84 bits per heavy atom. The summed E-state index contributed by atoms with van der Waals surface area (Å²) in [5.74, 6) is -0.104. The number of anilines is 1. The number of hydrogen-bond acceptors (Lipinski definition) is 7. The van der Waals surface area contributed by atoms with Gasteiger partial charge in [-0.15, -0.1) is 0 Å². The van der Waals surface area contributed by atoms with Gasteiger partial charge in [-0.05, 0) is 39.2 Å². The van der Waals surface area contributed by atoms with Gasteiger partial charge in [-0.2, -0.15) is 5.10 Å². The molecule has 0 aliphatic carbocycles. The van der Waals surface area contributed by atoms with Gasteiger partial charge in [0, 0.05) is 40.5 Å². The number of aryl methyl sites for hydroxylation is 1. The van der Waals surface area contributed by atoms with Crippen molar-refractivity contribution in [2.45, 2.75) is 6.92 Å². The maximum atomic E-state index is 12.2. The van der Waals surface area contributed by atoms with Crippen molar-refractivity contribution in [1.29, 1.82) is 0 Å². The van der Waals surface area contributed by atoms with E-state index in [4.69, 9.17) is 0 Å². The highest BCUT2D eigenvalue weighted by atomic mass is 16.2. The lowest BCUT2D eigenvalue weighted by molar-refractivity contribution is -0.116. The second kappa shape index (κ2) is 8.95. The van der Waals surface area contributed by atoms with Gasteiger partial charge < -0.3 is 19.8 Å². The van der Waals surface area contributed by atoms with Crippen LogP contribution in [0, 0.1) is 6.92 Å². The molecule has 0 aliphatic rings. The van der Waals surface area contributed by atoms with Crippen LogP contribution in [0.1, 0.15) is 5.69 Å². The maximum Gasteiger partial charge on any atom is 0.238 e. The minimum Gasteiger partial charge on any atom is -0.352 e. The van der Waals surface area contributed by atoms with E-state index in [1.807, 2.05) is 55.0 Å². The molecule has 0 spiro atoms. The molecule has 6 aromatic heterocycles. The standard InChI is InChI=1S/C26H24N10O/c1-15-12-36(14-30-15)23-11-28-10-22-19(23)6-21(32-22)25-20-5-17(8-29-26(20)34-33-25)16-4-18(9-27-7-16)31-24(37)13-35(2)3/h4-12,14,32H,13H2,1-3H3,(H,31,37)(H,29,33,34). The van der Waals surface area contributed by atoms with Crippen LogP contribution in [0.3, 0.4) is 0 Å². The van der Waals surface area contributed by atoms with Crippen molar-refractivity contribution in [3.63, 3.8) is 0 Å². The topological polar surface area (TPSA) is 133 Å². The van der Waals surface area contributed by atoms with Crippen molar-refractivity contribution < 1.29 is 4.79 Å². The summed E-state index contributed by atoms with van der Waals surface area (Å²) in [6, 6.07) is 5.97. The number of carbonyl (C=O) groups excluding carboxylic acids is 1. The molecule has 0 atom stereocenters. The molecule has 184 valence electrons. The smallest absolute Gasteiger partial charge is 0.238 e. The van der Waals surface area contributed by atoms with Gasteiger partial charge in [-0.25, -0.2) is 9.97 Å². The Bertz CT molecular complexity index is 1760. The van der Waals surface area contributed by atoms with Crippen molar-refractivity contribution in [1.82, 2.24) is 44.6 Å². The number of rotatable bonds is 6. The monoisotopic (exact) mass is 492 g/mol. The molecule has 6 heterocycles. The molecule has 0 fully saturated rings. The number of likely N-dealkylation sites (N-methyl/N-ethyl adjacent to an activating group) is 1. The van der Waals surface area contributed by atoms with Crippen LogP contribution in [0.15, 0.2) is 61.7 Å². The molecular weight excluding hydrogens is 468 g/mol. The Balaban J connectivity index is 1.38. The van der Waals surface area contributed by atoms with Crippen molar-refractivity contribution in [3.05, 3.63) is 67.4 Å². The molecular formula is C26H24N10O. The zero-order valence-corrected chi connectivity index (χ0v) is 20.5. The average Bonchev–Trinajstić information content (AvgIpc) is 3.60. The number of H-pyrrole nitrogens is 2. The molecule has 37 heavy (non-hydrogen) atoms. The van der Waals surface area contributed by atoms with Gasteiger partial charge in [0.15, 0.2) is 5.65 Å². The summed E-state index contributed by atoms with van der Waals surface area (Å²) in [7, 11) is 3.70. The Morgan fingerprint density at radius 3 is 2.65 bits per heavy atom. The third-order valence-corrected chi connectivity index (χ3v) is 6.00. The Hall–Kier alpha value is -4.90. The molecule has 0 saturated heterocycles. The fourth-order valence-electron chi connectivity index (χ4n) is 4.34. The fourth-order valence-corrected chi connectivity index (χ4v) is 4.34. The molecule has 0 aliphatic heterocycles. The predicted octanol–water partition coefficient (Wildman–Crippen LogP) is 3.56. The third kappa shape index (κ3) is 4.32. The summed E-state index contributed by atoms with van der Waals surface area (Å²) in [5, 5.41) is 12.3. The second-order valence-electron chi connectivity index (χ2n) is 9.17. The first-order valence-electron chi connectivity index (χ1n) is 11.7. The number of fused-ring (bicyclic) bond motifs is 2. The first kappa shape index (κ1) is 22.6. The number of nitrogens with zero attached hydrogens (tertiary/aromatic N) is 7. The average molecular weight is 493 g/mol. The quantitative estimate of drug-likeness (QED) is 0.324. The van der Waals surface area contributed by atoms with Crippen molar-refractivity contribution in [2.75, 3.05) is 26.0 Å². The largest absolute Gasteiger partial charge is 0.352 e. The summed E-state index contributed by atoms with van der Waals surface area (Å²) in [5.41, 5.74) is 7.34. The number of nitrogens with one attached hydrogen (secondary N) is 3. The van der Waals surface area contributed by atoms with Gasteiger partial charge in [0.2, 0.25) is 5.91 Å². The van der Waals surface area contributed by atoms with Crippen LogP contribution < -0.4 is 5.32 Å². The number of hydrogen-bond donors (Lipinski definition) is 3. The fraction of sp³-hybridized carbons (Fsp3) is 0.154. The van der Waals surface area contributed by atoms with E-state index in [1.54, 1.807) is 31.1 Å². The van der Waals surface area contributed by atoms with E-state index in [-0.39, 0.29) is 12.5 Å². The number of aromatic nitrogens is 8. The van der Waals surface area contributed by atoms with Gasteiger partial charge >= 0.3 is 0 Å². The summed E-state index contributed by atoms with van der Waals surface area (Å²) in [4.78, 5) is 35.1. The summed E-state index contributed by atoms with van der Waals surface area (Å²) >= 11 is 0. The molecule has 1 amide bonds. The van der Waals surface area contributed by atoms with E-state index in [2.05, 4.69) is 46.5 Å². The lowest BCUT2D eigenvalue weighted by Gasteiger charge is -2.10. The summed E-state index contributed by atoms with van der Waals surface area (Å²) < 4.78 is 1.96. The van der Waals surface area contributed by atoms with Gasteiger partial charge in [0.05, 0.1) is 59.7 Å². The molecule has 6 rings (SSSR count). The molecule has 3 N–H and O–H groups in total. The molecule has 0 bridgehead atoms. The van der Waals surface area contributed by atoms with Crippen LogP contribution in [0.2, 0.25) is 0 Å². The zero-order chi connectivity index (χ0) is 25.5. The van der Waals surface area contributed by atoms with Crippen LogP contribution >= 0.6 is 0 Å². The first-order chi connectivity index (χ1) is 17.9. The Labute approximate surface area is 211 Å². The molecule has 11 nitrogen and oxygen atoms in total. The molecule has 0 saturated carbocycles. The predicted molar refractivity (Wildman–Crippen MR) is 141 cm³/mol. The minimum absolute atomic E-state index is 0.104. The molecule has 0 unspecified atom stereocenters. The highest BCUT2D eigenvalue weighted by molar-refractivity contribution is 5.98. The van der Waals surface area contributed by atoms with E-state index in [0.29, 0.717) is 11.3 Å². The highest BCUT2D eigenvalue weighted by Gasteiger charge is 2.16. The minimum atomic E-state index is -0.104. The van der Waals surface area contributed by atoms with Gasteiger partial charge in [-0.1, -0.05) is 0 Å². The van der Waals surface area contributed by atoms with Gasteiger partial charge in [-0.3, -0.25) is 19.9 Å². The van der Waals surface area contributed by atoms with Crippen molar-refractivity contribution in [2.24, 2.45) is 0 Å². The molecule has 11 heteroatoms. The second-order valence-corrected chi connectivity index (χ2v) is 9.17. The van der Waals surface area contributed by atoms with Crippen LogP contribution in [0.25, 0.3) is 50.1 Å². The van der Waals surface area contributed by atoms with E-state index < -0.39 is 0 Å². The van der Waals surface area contributed by atoms with Gasteiger partial charge in [0.25, 0.3) is 0 Å². The lowest BCUT2D eigenvalue weighted by Crippen LogP contribution is -2.27. The van der Waals surface area contributed by atoms with Crippen LogP contribution in [-0.2, 0) is 4.79 Å². The van der Waals surface area contributed by atoms with E-state index in [0.717, 1.165) is 50.2 Å². The van der Waals surface area contributed by atoms with Crippen LogP contribution in [-0.4, -0.2) is 71.1 Å². The molecule has 0 aromatic carbocycles. The number of carbonyl (C=O) groups is 1. The van der Waals surface area contributed by atoms with Crippen molar-refractivity contribution in [3.8, 4) is 28.2 Å². The number of imidazole rings is 1. The SMILES string of the molecule is Cc1cn(-c2cncc3[nH]c(-c4n[nH]c5ncc(-c6cncc(NC(=O)CN(C)C)c6)cc45)cc23)cn1. The number of pyridine rings is 3. The lowest BCUT2D eigenvalue weighted by atomic mass is 10.1. The van der Waals surface area contributed by atoms with E-state index >= 15 is 0 Å². The normalized spacial score (nSPS) is 11.6. The summed E-state index contributed by atoms with van der Waals surface area (Å²) in [6.07, 6.45) is 12.5. The maximum absolute atomic E-state index is 12.2. The van der Waals surface area contributed by atoms with Gasteiger partial charge in [0.1, 0.15) is 5.69 Å². The number of amides is 1. The Morgan fingerprint density at radius 1 is 1.00 bits per heavy atom. The number of aromatic amines is 2. The molecule has 6 aromatic rings. The van der Waals surface area contributed by atoms with E-state index in [1.165, 1.54) is 0 Å². The Kier molecular flexibility index (Phi) is 5.46.